The van der Waals surface area contributed by atoms with Crippen molar-refractivity contribution in [3.05, 3.63) is 74.3 Å². The van der Waals surface area contributed by atoms with Gasteiger partial charge in [0.2, 0.25) is 0 Å². The lowest BCUT2D eigenvalue weighted by Gasteiger charge is -2.44. The molecule has 4 heteroatoms. The van der Waals surface area contributed by atoms with Crippen LogP contribution >= 0.6 is 8.60 Å². The highest BCUT2D eigenvalue weighted by Gasteiger charge is 2.45. The molecule has 0 saturated heterocycles. The van der Waals surface area contributed by atoms with Crippen molar-refractivity contribution in [3.63, 3.8) is 0 Å². The summed E-state index contributed by atoms with van der Waals surface area (Å²) in [5.74, 6) is 0.695. The second-order valence-electron chi connectivity index (χ2n) is 23.0. The molecule has 3 aromatic carbocycles. The zero-order valence-electron chi connectivity index (χ0n) is 37.1. The molecule has 1 aliphatic carbocycles. The lowest BCUT2D eigenvalue weighted by molar-refractivity contribution is 0.364. The molecule has 0 atom stereocenters. The summed E-state index contributed by atoms with van der Waals surface area (Å²) in [7, 11) is -2.71. The first kappa shape index (κ1) is 42.6. The number of hydrogen-bond acceptors (Lipinski definition) is 3. The molecule has 2 N–H and O–H groups in total. The Morgan fingerprint density at radius 1 is 0.423 bits per heavy atom. The molecule has 0 heterocycles. The van der Waals surface area contributed by atoms with E-state index in [1.165, 1.54) is 61.2 Å². The predicted molar refractivity (Wildman–Crippen MR) is 228 cm³/mol. The Hall–Kier alpha value is -2.19. The topological polar surface area (TPSA) is 49.7 Å². The van der Waals surface area contributed by atoms with E-state index < -0.39 is 19.4 Å². The Morgan fingerprint density at radius 3 is 0.962 bits per heavy atom. The van der Waals surface area contributed by atoms with Crippen molar-refractivity contribution >= 4 is 8.60 Å². The van der Waals surface area contributed by atoms with Gasteiger partial charge in [-0.2, -0.15) is 0 Å². The molecule has 2 bridgehead atoms. The van der Waals surface area contributed by atoms with Gasteiger partial charge in [-0.05, 0) is 99.1 Å². The number of hydrogen-bond donors (Lipinski definition) is 2. The molecule has 0 fully saturated rings. The average molecular weight is 729 g/mol. The Labute approximate surface area is 320 Å². The average Bonchev–Trinajstić information content (AvgIpc) is 2.89. The highest BCUT2D eigenvalue weighted by molar-refractivity contribution is 7.39. The molecule has 0 spiro atoms. The minimum Gasteiger partial charge on any atom is -0.426 e. The van der Waals surface area contributed by atoms with Crippen molar-refractivity contribution in [2.75, 3.05) is 0 Å². The third-order valence-electron chi connectivity index (χ3n) is 11.0. The fourth-order valence-electron chi connectivity index (χ4n) is 8.37. The Morgan fingerprint density at radius 2 is 0.731 bits per heavy atom. The van der Waals surface area contributed by atoms with Crippen LogP contribution in [0.5, 0.6) is 5.75 Å². The summed E-state index contributed by atoms with van der Waals surface area (Å²) in [5.41, 5.74) is 14.7. The molecule has 0 saturated carbocycles. The summed E-state index contributed by atoms with van der Waals surface area (Å²) in [5, 5.41) is 0. The zero-order valence-corrected chi connectivity index (χ0v) is 38.0. The monoisotopic (exact) mass is 729 g/mol. The largest absolute Gasteiger partial charge is 0.426 e. The van der Waals surface area contributed by atoms with Crippen LogP contribution in [-0.4, -0.2) is 9.79 Å². The summed E-state index contributed by atoms with van der Waals surface area (Å²) in [4.78, 5) is 21.7. The number of rotatable bonds is 2. The van der Waals surface area contributed by atoms with Crippen molar-refractivity contribution < 1.29 is 14.3 Å². The van der Waals surface area contributed by atoms with Gasteiger partial charge in [0.1, 0.15) is 5.75 Å². The summed E-state index contributed by atoms with van der Waals surface area (Å²) in [6.45, 7) is 51.1. The summed E-state index contributed by atoms with van der Waals surface area (Å²) in [6.07, 6.45) is 0. The van der Waals surface area contributed by atoms with E-state index in [0.29, 0.717) is 5.75 Å². The standard InChI is InChI=1S/C48H73O3P/c1-27-30-23-28(42(2,3)4)25-32(44(8,9)10)34(30)36-38(46(14,15)16)37(35-31(27)24-29(43(5,6)7)26-33(35)45(11,12)13)40(48(20,21)22)41(51-52(49)50)39(36)47(17,18)19/h23-27,49-50H,1-22H3. The van der Waals surface area contributed by atoms with Crippen LogP contribution in [0.15, 0.2) is 24.3 Å². The molecule has 0 aliphatic heterocycles. The normalized spacial score (nSPS) is 15.0. The van der Waals surface area contributed by atoms with Gasteiger partial charge < -0.3 is 14.3 Å². The van der Waals surface area contributed by atoms with Gasteiger partial charge in [0.15, 0.2) is 0 Å². The van der Waals surface area contributed by atoms with Crippen molar-refractivity contribution in [2.45, 2.75) is 196 Å². The summed E-state index contributed by atoms with van der Waals surface area (Å²) < 4.78 is 6.49. The van der Waals surface area contributed by atoms with E-state index in [9.17, 15) is 9.79 Å². The van der Waals surface area contributed by atoms with E-state index in [0.717, 1.165) is 11.1 Å². The maximum absolute atomic E-state index is 10.9. The third-order valence-corrected chi connectivity index (χ3v) is 11.3. The van der Waals surface area contributed by atoms with Gasteiger partial charge in [0, 0.05) is 17.0 Å². The third kappa shape index (κ3) is 7.81. The fourth-order valence-corrected chi connectivity index (χ4v) is 8.71. The Kier molecular flexibility index (Phi) is 10.6. The molecule has 0 radical (unpaired) electrons. The highest BCUT2D eigenvalue weighted by Crippen LogP contribution is 2.62. The molecular weight excluding hydrogens is 655 g/mol. The van der Waals surface area contributed by atoms with Crippen LogP contribution in [0.2, 0.25) is 0 Å². The molecular formula is C48H73O3P. The van der Waals surface area contributed by atoms with Crippen LogP contribution in [-0.2, 0) is 37.9 Å². The molecule has 3 aromatic rings. The number of fused-ring (bicyclic) bond motifs is 6. The molecule has 1 aliphatic rings. The quantitative estimate of drug-likeness (QED) is 0.258. The smallest absolute Gasteiger partial charge is 0.391 e. The predicted octanol–water partition coefficient (Wildman–Crippen LogP) is 14.2. The van der Waals surface area contributed by atoms with Gasteiger partial charge in [0.05, 0.1) is 0 Å². The molecule has 288 valence electrons. The van der Waals surface area contributed by atoms with E-state index in [-0.39, 0.29) is 33.0 Å². The van der Waals surface area contributed by atoms with Crippen LogP contribution < -0.4 is 4.52 Å². The molecule has 52 heavy (non-hydrogen) atoms. The molecule has 3 nitrogen and oxygen atoms in total. The van der Waals surface area contributed by atoms with Gasteiger partial charge in [0.25, 0.3) is 0 Å². The van der Waals surface area contributed by atoms with Crippen LogP contribution in [0.4, 0.5) is 0 Å². The van der Waals surface area contributed by atoms with Crippen LogP contribution in [0, 0.1) is 0 Å². The van der Waals surface area contributed by atoms with Gasteiger partial charge >= 0.3 is 8.60 Å². The lowest BCUT2D eigenvalue weighted by atomic mass is 9.60. The first-order chi connectivity index (χ1) is 23.0. The second kappa shape index (κ2) is 13.0. The zero-order chi connectivity index (χ0) is 40.3. The second-order valence-corrected chi connectivity index (χ2v) is 23.7. The van der Waals surface area contributed by atoms with E-state index in [4.69, 9.17) is 4.52 Å². The van der Waals surface area contributed by atoms with Crippen LogP contribution in [0.1, 0.15) is 208 Å². The van der Waals surface area contributed by atoms with Crippen molar-refractivity contribution in [2.24, 2.45) is 0 Å². The Balaban J connectivity index is 2.71. The van der Waals surface area contributed by atoms with Gasteiger partial charge in [-0.3, -0.25) is 0 Å². The van der Waals surface area contributed by atoms with Gasteiger partial charge in [-0.25, -0.2) is 0 Å². The molecule has 0 aromatic heterocycles. The molecule has 0 amide bonds. The fraction of sp³-hybridized carbons (Fsp3) is 0.625. The van der Waals surface area contributed by atoms with E-state index in [1.807, 2.05) is 0 Å². The SMILES string of the molecule is CC1c2cc(C(C)(C)C)cc(C(C)(C)C)c2-c2c(C(C)(C)C)c(OP(O)O)c(C(C)(C)C)c(c2C(C)(C)C)-c2c1cc(C(C)(C)C)cc2C(C)(C)C. The first-order valence-corrected chi connectivity index (χ1v) is 20.7. The van der Waals surface area contributed by atoms with E-state index >= 15 is 0 Å². The van der Waals surface area contributed by atoms with Crippen molar-refractivity contribution in [1.29, 1.82) is 0 Å². The summed E-state index contributed by atoms with van der Waals surface area (Å²) >= 11 is 0. The van der Waals surface area contributed by atoms with Gasteiger partial charge in [-0.15, -0.1) is 0 Å². The van der Waals surface area contributed by atoms with Crippen LogP contribution in [0.3, 0.4) is 0 Å². The van der Waals surface area contributed by atoms with Crippen molar-refractivity contribution in [3.8, 4) is 28.0 Å². The first-order valence-electron chi connectivity index (χ1n) is 19.5. The lowest BCUT2D eigenvalue weighted by Crippen LogP contribution is -2.30. The molecule has 0 unspecified atom stereocenters. The minimum atomic E-state index is -2.71. The number of benzene rings is 3. The maximum atomic E-state index is 10.9. The van der Waals surface area contributed by atoms with Crippen LogP contribution in [0.25, 0.3) is 22.3 Å². The van der Waals surface area contributed by atoms with E-state index in [1.54, 1.807) is 0 Å². The highest BCUT2D eigenvalue weighted by atomic mass is 31.2. The minimum absolute atomic E-state index is 0.0668. The summed E-state index contributed by atoms with van der Waals surface area (Å²) in [6, 6.07) is 9.96. The Bertz CT molecular complexity index is 1740. The maximum Gasteiger partial charge on any atom is 0.391 e. The van der Waals surface area contributed by atoms with Gasteiger partial charge in [-0.1, -0.05) is 177 Å². The van der Waals surface area contributed by atoms with E-state index in [2.05, 4.69) is 177 Å². The molecule has 4 rings (SSSR count). The van der Waals surface area contributed by atoms with Crippen molar-refractivity contribution in [1.82, 2.24) is 0 Å².